The van der Waals surface area contributed by atoms with Gasteiger partial charge < -0.3 is 10.4 Å². The fourth-order valence-electron chi connectivity index (χ4n) is 2.55. The number of aryl methyl sites for hydroxylation is 2. The maximum absolute atomic E-state index is 12.0. The molecule has 2 aromatic heterocycles. The van der Waals surface area contributed by atoms with Crippen LogP contribution in [0.4, 0.5) is 11.5 Å². The number of benzene rings is 1. The van der Waals surface area contributed by atoms with Crippen LogP contribution in [0.5, 0.6) is 0 Å². The second kappa shape index (κ2) is 7.06. The van der Waals surface area contributed by atoms with E-state index in [9.17, 15) is 14.7 Å². The van der Waals surface area contributed by atoms with E-state index < -0.39 is 5.97 Å². The molecule has 0 spiro atoms. The average molecular weight is 372 g/mol. The van der Waals surface area contributed by atoms with Crippen molar-refractivity contribution in [2.75, 3.05) is 12.4 Å². The number of fused-ring (bicyclic) bond motifs is 1. The molecule has 0 aliphatic carbocycles. The Hall–Kier alpha value is -3.04. The van der Waals surface area contributed by atoms with Crippen molar-refractivity contribution in [3.63, 3.8) is 0 Å². The maximum atomic E-state index is 12.0. The van der Waals surface area contributed by atoms with E-state index in [-0.39, 0.29) is 10.8 Å². The SMILES string of the molecule is CONC(=O)c1ccc(C)c(Nc2ncnc3sc(C(=O)O)c(C)c23)c1. The smallest absolute Gasteiger partial charge is 0.346 e. The molecular weight excluding hydrogens is 356 g/mol. The molecule has 3 rings (SSSR count). The lowest BCUT2D eigenvalue weighted by molar-refractivity contribution is 0.0537. The lowest BCUT2D eigenvalue weighted by Gasteiger charge is -2.12. The van der Waals surface area contributed by atoms with E-state index in [1.165, 1.54) is 13.4 Å². The molecule has 0 atom stereocenters. The van der Waals surface area contributed by atoms with Gasteiger partial charge in [-0.1, -0.05) is 6.07 Å². The highest BCUT2D eigenvalue weighted by Gasteiger charge is 2.19. The molecule has 1 amide bonds. The lowest BCUT2D eigenvalue weighted by Crippen LogP contribution is -2.21. The second-order valence-corrected chi connectivity index (χ2v) is 6.55. The van der Waals surface area contributed by atoms with Crippen molar-refractivity contribution in [2.45, 2.75) is 13.8 Å². The van der Waals surface area contributed by atoms with Gasteiger partial charge in [-0.2, -0.15) is 0 Å². The predicted molar refractivity (Wildman–Crippen MR) is 98.0 cm³/mol. The van der Waals surface area contributed by atoms with Crippen molar-refractivity contribution >= 4 is 44.9 Å². The molecule has 3 N–H and O–H groups in total. The molecule has 26 heavy (non-hydrogen) atoms. The van der Waals surface area contributed by atoms with Gasteiger partial charge in [0.05, 0.1) is 12.5 Å². The van der Waals surface area contributed by atoms with Crippen molar-refractivity contribution < 1.29 is 19.5 Å². The van der Waals surface area contributed by atoms with Crippen LogP contribution in [0.25, 0.3) is 10.2 Å². The minimum atomic E-state index is -0.995. The average Bonchev–Trinajstić information content (AvgIpc) is 2.95. The summed E-state index contributed by atoms with van der Waals surface area (Å²) in [6.45, 7) is 3.62. The molecule has 0 saturated carbocycles. The number of carboxylic acid groups (broad SMARTS) is 1. The summed E-state index contributed by atoms with van der Waals surface area (Å²) in [6, 6.07) is 5.16. The first-order chi connectivity index (χ1) is 12.4. The van der Waals surface area contributed by atoms with Gasteiger partial charge in [-0.05, 0) is 37.1 Å². The summed E-state index contributed by atoms with van der Waals surface area (Å²) < 4.78 is 0. The number of nitrogens with one attached hydrogen (secondary N) is 2. The molecule has 0 bridgehead atoms. The molecule has 0 aliphatic rings. The Morgan fingerprint density at radius 1 is 1.23 bits per heavy atom. The number of aromatic carboxylic acids is 1. The van der Waals surface area contributed by atoms with E-state index in [0.717, 1.165) is 16.9 Å². The van der Waals surface area contributed by atoms with E-state index in [1.54, 1.807) is 25.1 Å². The van der Waals surface area contributed by atoms with Gasteiger partial charge in [-0.15, -0.1) is 11.3 Å². The van der Waals surface area contributed by atoms with Crippen molar-refractivity contribution in [2.24, 2.45) is 0 Å². The van der Waals surface area contributed by atoms with Gasteiger partial charge in [-0.25, -0.2) is 20.2 Å². The summed E-state index contributed by atoms with van der Waals surface area (Å²) in [6.07, 6.45) is 1.38. The van der Waals surface area contributed by atoms with Crippen LogP contribution in [0.1, 0.15) is 31.2 Å². The lowest BCUT2D eigenvalue weighted by atomic mass is 10.1. The molecule has 134 valence electrons. The van der Waals surface area contributed by atoms with Crippen LogP contribution in [0.2, 0.25) is 0 Å². The van der Waals surface area contributed by atoms with Crippen molar-refractivity contribution in [1.82, 2.24) is 15.4 Å². The van der Waals surface area contributed by atoms with E-state index in [0.29, 0.717) is 32.8 Å². The third kappa shape index (κ3) is 3.22. The zero-order valence-electron chi connectivity index (χ0n) is 14.3. The standard InChI is InChI=1S/C17H16N4O4S/c1-8-4-5-10(15(22)21-25-3)6-11(8)20-14-12-9(2)13(17(23)24)26-16(12)19-7-18-14/h4-7H,1-3H3,(H,21,22)(H,23,24)(H,18,19,20). The Labute approximate surface area is 152 Å². The molecule has 1 aromatic carbocycles. The Bertz CT molecular complexity index is 1020. The number of hydrogen-bond acceptors (Lipinski definition) is 7. The molecular formula is C17H16N4O4S. The molecule has 0 fully saturated rings. The summed E-state index contributed by atoms with van der Waals surface area (Å²) >= 11 is 1.10. The summed E-state index contributed by atoms with van der Waals surface area (Å²) in [5.74, 6) is -0.877. The summed E-state index contributed by atoms with van der Waals surface area (Å²) in [5, 5.41) is 13.2. The molecule has 0 aliphatic heterocycles. The van der Waals surface area contributed by atoms with E-state index in [1.807, 2.05) is 6.92 Å². The highest BCUT2D eigenvalue weighted by atomic mass is 32.1. The van der Waals surface area contributed by atoms with Gasteiger partial charge in [0.1, 0.15) is 21.9 Å². The number of aromatic nitrogens is 2. The van der Waals surface area contributed by atoms with Crippen molar-refractivity contribution in [3.8, 4) is 0 Å². The quantitative estimate of drug-likeness (QED) is 0.590. The zero-order valence-corrected chi connectivity index (χ0v) is 15.1. The predicted octanol–water partition coefficient (Wildman–Crippen LogP) is 3.04. The maximum Gasteiger partial charge on any atom is 0.346 e. The van der Waals surface area contributed by atoms with Crippen LogP contribution >= 0.6 is 11.3 Å². The minimum Gasteiger partial charge on any atom is -0.477 e. The molecule has 2 heterocycles. The Morgan fingerprint density at radius 3 is 2.69 bits per heavy atom. The monoisotopic (exact) mass is 372 g/mol. The van der Waals surface area contributed by atoms with Crippen LogP contribution in [0, 0.1) is 13.8 Å². The van der Waals surface area contributed by atoms with Gasteiger partial charge in [0.2, 0.25) is 0 Å². The molecule has 0 unspecified atom stereocenters. The Kier molecular flexibility index (Phi) is 4.83. The number of hydroxylamine groups is 1. The topological polar surface area (TPSA) is 113 Å². The number of carbonyl (C=O) groups is 2. The van der Waals surface area contributed by atoms with E-state index in [4.69, 9.17) is 0 Å². The van der Waals surface area contributed by atoms with Crippen molar-refractivity contribution in [3.05, 3.63) is 46.1 Å². The van der Waals surface area contributed by atoms with Crippen molar-refractivity contribution in [1.29, 1.82) is 0 Å². The van der Waals surface area contributed by atoms with Gasteiger partial charge in [0.25, 0.3) is 5.91 Å². The first kappa shape index (κ1) is 17.8. The molecule has 0 radical (unpaired) electrons. The third-order valence-electron chi connectivity index (χ3n) is 3.87. The van der Waals surface area contributed by atoms with Crippen LogP contribution in [0.3, 0.4) is 0 Å². The van der Waals surface area contributed by atoms with Gasteiger partial charge >= 0.3 is 5.97 Å². The zero-order chi connectivity index (χ0) is 18.8. The number of hydrogen-bond donors (Lipinski definition) is 3. The Balaban J connectivity index is 2.05. The van der Waals surface area contributed by atoms with Crippen LogP contribution in [0.15, 0.2) is 24.5 Å². The fourth-order valence-corrected chi connectivity index (χ4v) is 3.53. The largest absolute Gasteiger partial charge is 0.477 e. The molecule has 9 heteroatoms. The first-order valence-corrected chi connectivity index (χ1v) is 8.42. The van der Waals surface area contributed by atoms with Crippen LogP contribution < -0.4 is 10.8 Å². The highest BCUT2D eigenvalue weighted by molar-refractivity contribution is 7.20. The van der Waals surface area contributed by atoms with Crippen LogP contribution in [-0.2, 0) is 4.84 Å². The summed E-state index contributed by atoms with van der Waals surface area (Å²) in [5.41, 5.74) is 4.87. The fraction of sp³-hybridized carbons (Fsp3) is 0.176. The summed E-state index contributed by atoms with van der Waals surface area (Å²) in [4.78, 5) is 37.2. The number of anilines is 2. The van der Waals surface area contributed by atoms with Crippen LogP contribution in [-0.4, -0.2) is 34.1 Å². The molecule has 8 nitrogen and oxygen atoms in total. The Morgan fingerprint density at radius 2 is 2.00 bits per heavy atom. The first-order valence-electron chi connectivity index (χ1n) is 7.60. The molecule has 0 saturated heterocycles. The number of thiophene rings is 1. The normalized spacial score (nSPS) is 10.7. The third-order valence-corrected chi connectivity index (χ3v) is 5.06. The highest BCUT2D eigenvalue weighted by Crippen LogP contribution is 2.35. The number of amides is 1. The van der Waals surface area contributed by atoms with Gasteiger partial charge in [0, 0.05) is 11.3 Å². The minimum absolute atomic E-state index is 0.230. The van der Waals surface area contributed by atoms with Gasteiger partial charge in [0.15, 0.2) is 0 Å². The number of carboxylic acids is 1. The van der Waals surface area contributed by atoms with E-state index in [2.05, 4.69) is 25.6 Å². The number of rotatable bonds is 5. The van der Waals surface area contributed by atoms with E-state index >= 15 is 0 Å². The summed E-state index contributed by atoms with van der Waals surface area (Å²) in [7, 11) is 1.36. The number of nitrogens with zero attached hydrogens (tertiary/aromatic N) is 2. The van der Waals surface area contributed by atoms with Gasteiger partial charge in [-0.3, -0.25) is 9.63 Å². The molecule has 3 aromatic rings. The number of carbonyl (C=O) groups excluding carboxylic acids is 1. The second-order valence-electron chi connectivity index (χ2n) is 5.55.